The number of nitrogens with two attached hydrogens (primary N) is 1. The molecule has 1 atom stereocenters. The molecule has 0 saturated carbocycles. The summed E-state index contributed by atoms with van der Waals surface area (Å²) in [7, 11) is 0. The SMILES string of the molecule is CC#CCCN1C(=O)CCC(N)C1=O. The predicted molar refractivity (Wildman–Crippen MR) is 52.0 cm³/mol. The maximum absolute atomic E-state index is 11.5. The highest BCUT2D eigenvalue weighted by molar-refractivity contribution is 6.00. The first-order chi connectivity index (χ1) is 6.66. The molecule has 1 fully saturated rings. The van der Waals surface area contributed by atoms with Crippen LogP contribution in [0.2, 0.25) is 0 Å². The van der Waals surface area contributed by atoms with Crippen LogP contribution in [0.4, 0.5) is 0 Å². The van der Waals surface area contributed by atoms with Crippen LogP contribution in [0.5, 0.6) is 0 Å². The predicted octanol–water partition coefficient (Wildman–Crippen LogP) is -0.124. The van der Waals surface area contributed by atoms with E-state index in [4.69, 9.17) is 5.73 Å². The number of likely N-dealkylation sites (tertiary alicyclic amines) is 1. The highest BCUT2D eigenvalue weighted by Gasteiger charge is 2.31. The molecule has 4 nitrogen and oxygen atoms in total. The van der Waals surface area contributed by atoms with Gasteiger partial charge in [0.05, 0.1) is 6.04 Å². The molecule has 1 saturated heterocycles. The highest BCUT2D eigenvalue weighted by Crippen LogP contribution is 2.11. The summed E-state index contributed by atoms with van der Waals surface area (Å²) in [6.07, 6.45) is 1.36. The van der Waals surface area contributed by atoms with Crippen LogP contribution in [-0.2, 0) is 9.59 Å². The number of nitrogens with zero attached hydrogens (tertiary/aromatic N) is 1. The average Bonchev–Trinajstić information content (AvgIpc) is 2.18. The summed E-state index contributed by atoms with van der Waals surface area (Å²) < 4.78 is 0. The number of amides is 2. The van der Waals surface area contributed by atoms with Gasteiger partial charge in [-0.15, -0.1) is 11.8 Å². The third-order valence-corrected chi connectivity index (χ3v) is 2.19. The van der Waals surface area contributed by atoms with E-state index in [2.05, 4.69) is 11.8 Å². The van der Waals surface area contributed by atoms with Gasteiger partial charge in [-0.1, -0.05) is 0 Å². The molecule has 1 unspecified atom stereocenters. The summed E-state index contributed by atoms with van der Waals surface area (Å²) in [6.45, 7) is 2.10. The van der Waals surface area contributed by atoms with Gasteiger partial charge in [-0.05, 0) is 13.3 Å². The zero-order chi connectivity index (χ0) is 10.6. The second-order valence-corrected chi connectivity index (χ2v) is 3.21. The first kappa shape index (κ1) is 10.7. The van der Waals surface area contributed by atoms with Crippen molar-refractivity contribution in [1.82, 2.24) is 4.90 Å². The molecule has 2 amide bonds. The highest BCUT2D eigenvalue weighted by atomic mass is 16.2. The zero-order valence-corrected chi connectivity index (χ0v) is 8.25. The van der Waals surface area contributed by atoms with Crippen LogP contribution in [0.3, 0.4) is 0 Å². The van der Waals surface area contributed by atoms with E-state index in [0.717, 1.165) is 0 Å². The Bertz CT molecular complexity index is 301. The summed E-state index contributed by atoms with van der Waals surface area (Å²) >= 11 is 0. The molecule has 0 aromatic heterocycles. The smallest absolute Gasteiger partial charge is 0.246 e. The Hall–Kier alpha value is -1.34. The quantitative estimate of drug-likeness (QED) is 0.492. The Morgan fingerprint density at radius 1 is 1.57 bits per heavy atom. The number of hydrogen-bond acceptors (Lipinski definition) is 3. The maximum Gasteiger partial charge on any atom is 0.246 e. The molecule has 0 aliphatic carbocycles. The molecule has 0 aromatic rings. The number of carbonyl (C=O) groups is 2. The van der Waals surface area contributed by atoms with Gasteiger partial charge in [0.25, 0.3) is 0 Å². The first-order valence-electron chi connectivity index (χ1n) is 4.66. The van der Waals surface area contributed by atoms with E-state index >= 15 is 0 Å². The van der Waals surface area contributed by atoms with Crippen LogP contribution in [0, 0.1) is 11.8 Å². The third-order valence-electron chi connectivity index (χ3n) is 2.19. The molecule has 1 aliphatic heterocycles. The number of rotatable bonds is 2. The summed E-state index contributed by atoms with van der Waals surface area (Å²) in [4.78, 5) is 24.0. The molecule has 2 N–H and O–H groups in total. The Morgan fingerprint density at radius 3 is 2.93 bits per heavy atom. The summed E-state index contributed by atoms with van der Waals surface area (Å²) in [5.74, 6) is 5.14. The molecule has 1 aliphatic rings. The molecular formula is C10H14N2O2. The molecular weight excluding hydrogens is 180 g/mol. The Kier molecular flexibility index (Phi) is 3.66. The van der Waals surface area contributed by atoms with Crippen molar-refractivity contribution in [3.8, 4) is 11.8 Å². The van der Waals surface area contributed by atoms with Crippen molar-refractivity contribution in [3.05, 3.63) is 0 Å². The first-order valence-corrected chi connectivity index (χ1v) is 4.66. The minimum Gasteiger partial charge on any atom is -0.320 e. The number of imide groups is 1. The monoisotopic (exact) mass is 194 g/mol. The van der Waals surface area contributed by atoms with Crippen LogP contribution >= 0.6 is 0 Å². The average molecular weight is 194 g/mol. The largest absolute Gasteiger partial charge is 0.320 e. The van der Waals surface area contributed by atoms with Crippen LogP contribution in [0.15, 0.2) is 0 Å². The summed E-state index contributed by atoms with van der Waals surface area (Å²) in [6, 6.07) is -0.512. The number of hydrogen-bond donors (Lipinski definition) is 1. The molecule has 0 bridgehead atoms. The van der Waals surface area contributed by atoms with Gasteiger partial charge in [0.1, 0.15) is 0 Å². The van der Waals surface area contributed by atoms with Crippen molar-refractivity contribution in [2.75, 3.05) is 6.54 Å². The molecule has 76 valence electrons. The Balaban J connectivity index is 2.57. The van der Waals surface area contributed by atoms with Gasteiger partial charge in [0.15, 0.2) is 0 Å². The molecule has 0 aromatic carbocycles. The molecule has 1 rings (SSSR count). The van der Waals surface area contributed by atoms with Crippen molar-refractivity contribution in [1.29, 1.82) is 0 Å². The van der Waals surface area contributed by atoms with Crippen molar-refractivity contribution < 1.29 is 9.59 Å². The molecule has 14 heavy (non-hydrogen) atoms. The van der Waals surface area contributed by atoms with E-state index in [9.17, 15) is 9.59 Å². The Labute approximate surface area is 83.4 Å². The Morgan fingerprint density at radius 2 is 2.29 bits per heavy atom. The minimum absolute atomic E-state index is 0.130. The topological polar surface area (TPSA) is 63.4 Å². The molecule has 0 spiro atoms. The van der Waals surface area contributed by atoms with Crippen molar-refractivity contribution >= 4 is 11.8 Å². The molecule has 4 heteroatoms. The van der Waals surface area contributed by atoms with Gasteiger partial charge in [0, 0.05) is 19.4 Å². The van der Waals surface area contributed by atoms with Gasteiger partial charge >= 0.3 is 0 Å². The summed E-state index contributed by atoms with van der Waals surface area (Å²) in [5.41, 5.74) is 5.56. The van der Waals surface area contributed by atoms with Gasteiger partial charge < -0.3 is 5.73 Å². The van der Waals surface area contributed by atoms with Gasteiger partial charge in [-0.2, -0.15) is 0 Å². The van der Waals surface area contributed by atoms with E-state index in [0.29, 0.717) is 25.8 Å². The maximum atomic E-state index is 11.5. The standard InChI is InChI=1S/C10H14N2O2/c1-2-3-4-7-12-9(13)6-5-8(11)10(12)14/h8H,4-7,11H2,1H3. The van der Waals surface area contributed by atoms with E-state index in [1.54, 1.807) is 6.92 Å². The van der Waals surface area contributed by atoms with E-state index in [-0.39, 0.29) is 11.8 Å². The number of carbonyl (C=O) groups excluding carboxylic acids is 2. The second kappa shape index (κ2) is 4.77. The van der Waals surface area contributed by atoms with E-state index in [1.165, 1.54) is 4.90 Å². The molecule has 1 heterocycles. The lowest BCUT2D eigenvalue weighted by Gasteiger charge is -2.27. The van der Waals surface area contributed by atoms with Gasteiger partial charge in [-0.25, -0.2) is 0 Å². The van der Waals surface area contributed by atoms with Crippen LogP contribution in [0.25, 0.3) is 0 Å². The number of piperidine rings is 1. The third kappa shape index (κ3) is 2.33. The second-order valence-electron chi connectivity index (χ2n) is 3.21. The minimum atomic E-state index is -0.512. The van der Waals surface area contributed by atoms with E-state index in [1.807, 2.05) is 0 Å². The fourth-order valence-electron chi connectivity index (χ4n) is 1.39. The van der Waals surface area contributed by atoms with Crippen molar-refractivity contribution in [2.24, 2.45) is 5.73 Å². The summed E-state index contributed by atoms with van der Waals surface area (Å²) in [5, 5.41) is 0. The normalized spacial score (nSPS) is 21.9. The van der Waals surface area contributed by atoms with Gasteiger partial charge in [-0.3, -0.25) is 14.5 Å². The zero-order valence-electron chi connectivity index (χ0n) is 8.25. The lowest BCUT2D eigenvalue weighted by atomic mass is 10.1. The van der Waals surface area contributed by atoms with E-state index < -0.39 is 6.04 Å². The lowest BCUT2D eigenvalue weighted by Crippen LogP contribution is -2.51. The molecule has 0 radical (unpaired) electrons. The van der Waals surface area contributed by atoms with Gasteiger partial charge in [0.2, 0.25) is 11.8 Å². The van der Waals surface area contributed by atoms with Crippen LogP contribution < -0.4 is 5.73 Å². The fourth-order valence-corrected chi connectivity index (χ4v) is 1.39. The van der Waals surface area contributed by atoms with Crippen molar-refractivity contribution in [3.63, 3.8) is 0 Å². The lowest BCUT2D eigenvalue weighted by molar-refractivity contribution is -0.149. The fraction of sp³-hybridized carbons (Fsp3) is 0.600. The van der Waals surface area contributed by atoms with Crippen LogP contribution in [-0.4, -0.2) is 29.3 Å². The van der Waals surface area contributed by atoms with Crippen molar-refractivity contribution in [2.45, 2.75) is 32.2 Å². The van der Waals surface area contributed by atoms with Crippen LogP contribution in [0.1, 0.15) is 26.2 Å².